The number of hydrogen-bond acceptors (Lipinski definition) is 2. The summed E-state index contributed by atoms with van der Waals surface area (Å²) in [5, 5.41) is 0. The van der Waals surface area contributed by atoms with Crippen molar-refractivity contribution in [1.82, 2.24) is 0 Å². The lowest BCUT2D eigenvalue weighted by Crippen LogP contribution is -2.36. The van der Waals surface area contributed by atoms with E-state index < -0.39 is 11.8 Å². The van der Waals surface area contributed by atoms with Crippen molar-refractivity contribution in [2.24, 2.45) is 11.8 Å². The number of cyclic esters (lactones) is 1. The summed E-state index contributed by atoms with van der Waals surface area (Å²) in [4.78, 5) is 12.9. The second-order valence-electron chi connectivity index (χ2n) is 10.2. The quantitative estimate of drug-likeness (QED) is 0.363. The summed E-state index contributed by atoms with van der Waals surface area (Å²) in [6.07, 6.45) is 7.24. The first kappa shape index (κ1) is 22.8. The lowest BCUT2D eigenvalue weighted by atomic mass is 9.77. The number of rotatable bonds is 5. The van der Waals surface area contributed by atoms with Gasteiger partial charge in [0, 0.05) is 12.0 Å². The van der Waals surface area contributed by atoms with Gasteiger partial charge in [-0.3, -0.25) is 0 Å². The Morgan fingerprint density at radius 2 is 1.47 bits per heavy atom. The molecule has 1 heterocycles. The molecular formula is C31H33FO2. The fourth-order valence-corrected chi connectivity index (χ4v) is 5.60. The summed E-state index contributed by atoms with van der Waals surface area (Å²) in [5.74, 6) is 0.164. The molecule has 2 nitrogen and oxygen atoms in total. The maximum absolute atomic E-state index is 15.6. The van der Waals surface area contributed by atoms with Crippen LogP contribution in [0.3, 0.4) is 0 Å². The van der Waals surface area contributed by atoms with Crippen LogP contribution in [0.15, 0.2) is 60.7 Å². The number of halogens is 1. The lowest BCUT2D eigenvalue weighted by molar-refractivity contribution is -0.000126. The highest BCUT2D eigenvalue weighted by Gasteiger charge is 2.36. The van der Waals surface area contributed by atoms with Crippen molar-refractivity contribution >= 4 is 5.97 Å². The number of aryl methyl sites for hydroxylation is 1. The molecule has 1 aliphatic carbocycles. The van der Waals surface area contributed by atoms with E-state index in [-0.39, 0.29) is 11.7 Å². The van der Waals surface area contributed by atoms with Crippen molar-refractivity contribution in [2.45, 2.75) is 64.9 Å². The summed E-state index contributed by atoms with van der Waals surface area (Å²) in [5.41, 5.74) is 5.69. The molecule has 3 aromatic rings. The summed E-state index contributed by atoms with van der Waals surface area (Å²) in [6.45, 7) is 4.46. The van der Waals surface area contributed by atoms with Gasteiger partial charge in [0.15, 0.2) is 0 Å². The monoisotopic (exact) mass is 456 g/mol. The Balaban J connectivity index is 1.36. The van der Waals surface area contributed by atoms with Crippen molar-refractivity contribution in [3.63, 3.8) is 0 Å². The molecule has 1 unspecified atom stereocenters. The molecule has 0 saturated heterocycles. The third-order valence-corrected chi connectivity index (χ3v) is 7.72. The van der Waals surface area contributed by atoms with Crippen LogP contribution in [0.1, 0.15) is 67.4 Å². The highest BCUT2D eigenvalue weighted by atomic mass is 19.1. The molecular weight excluding hydrogens is 423 g/mol. The van der Waals surface area contributed by atoms with E-state index in [4.69, 9.17) is 4.74 Å². The van der Waals surface area contributed by atoms with Crippen molar-refractivity contribution in [1.29, 1.82) is 0 Å². The van der Waals surface area contributed by atoms with Crippen LogP contribution in [0.25, 0.3) is 22.3 Å². The minimum atomic E-state index is -0.506. The number of esters is 1. The summed E-state index contributed by atoms with van der Waals surface area (Å²) >= 11 is 0. The fraction of sp³-hybridized carbons (Fsp3) is 0.387. The molecule has 1 fully saturated rings. The molecule has 0 bridgehead atoms. The van der Waals surface area contributed by atoms with Crippen LogP contribution in [0.5, 0.6) is 0 Å². The minimum Gasteiger partial charge on any atom is -0.458 e. The van der Waals surface area contributed by atoms with E-state index in [1.54, 1.807) is 0 Å². The standard InChI is InChI=1S/C31H33FO2/c1-3-4-21-7-11-22(12-8-21)23-13-15-24(16-14-23)27-18-17-26-19-28(25-9-5-20(2)6-10-25)34-31(33)29(26)30(27)32/h7-8,11-18,20,25,28H,3-6,9-10,19H2,1-2H3. The molecule has 2 aliphatic rings. The maximum atomic E-state index is 15.6. The number of carbonyl (C=O) groups excluding carboxylic acids is 1. The Kier molecular flexibility index (Phi) is 6.54. The molecule has 0 aromatic heterocycles. The Morgan fingerprint density at radius 3 is 2.12 bits per heavy atom. The van der Waals surface area contributed by atoms with E-state index in [0.29, 0.717) is 17.9 Å². The van der Waals surface area contributed by atoms with Crippen LogP contribution < -0.4 is 0 Å². The van der Waals surface area contributed by atoms with Gasteiger partial charge < -0.3 is 4.74 Å². The van der Waals surface area contributed by atoms with Gasteiger partial charge in [-0.25, -0.2) is 9.18 Å². The number of ether oxygens (including phenoxy) is 1. The van der Waals surface area contributed by atoms with Crippen molar-refractivity contribution < 1.29 is 13.9 Å². The largest absolute Gasteiger partial charge is 0.458 e. The van der Waals surface area contributed by atoms with Crippen molar-refractivity contribution in [2.75, 3.05) is 0 Å². The van der Waals surface area contributed by atoms with Gasteiger partial charge in [0.05, 0.1) is 5.56 Å². The fourth-order valence-electron chi connectivity index (χ4n) is 5.60. The smallest absolute Gasteiger partial charge is 0.341 e. The van der Waals surface area contributed by atoms with E-state index in [9.17, 15) is 4.79 Å². The average Bonchev–Trinajstić information content (AvgIpc) is 2.85. The van der Waals surface area contributed by atoms with Crippen molar-refractivity contribution in [3.8, 4) is 22.3 Å². The summed E-state index contributed by atoms with van der Waals surface area (Å²) in [7, 11) is 0. The molecule has 3 heteroatoms. The summed E-state index contributed by atoms with van der Waals surface area (Å²) in [6, 6.07) is 20.3. The molecule has 176 valence electrons. The van der Waals surface area contributed by atoms with Gasteiger partial charge in [-0.05, 0) is 58.9 Å². The predicted molar refractivity (Wildman–Crippen MR) is 135 cm³/mol. The number of carbonyl (C=O) groups is 1. The number of benzene rings is 3. The minimum absolute atomic E-state index is 0.119. The van der Waals surface area contributed by atoms with Gasteiger partial charge in [0.1, 0.15) is 11.9 Å². The van der Waals surface area contributed by atoms with Crippen LogP contribution in [-0.2, 0) is 17.6 Å². The van der Waals surface area contributed by atoms with Crippen molar-refractivity contribution in [3.05, 3.63) is 83.2 Å². The van der Waals surface area contributed by atoms with Gasteiger partial charge in [-0.1, -0.05) is 93.8 Å². The molecule has 1 atom stereocenters. The Labute approximate surface area is 202 Å². The van der Waals surface area contributed by atoms with E-state index in [0.717, 1.165) is 53.9 Å². The molecule has 3 aromatic carbocycles. The number of hydrogen-bond donors (Lipinski definition) is 0. The first-order valence-electron chi connectivity index (χ1n) is 12.8. The molecule has 1 aliphatic heterocycles. The molecule has 5 rings (SSSR count). The predicted octanol–water partition coefficient (Wildman–Crippen LogP) is 8.02. The van der Waals surface area contributed by atoms with Crippen LogP contribution in [-0.4, -0.2) is 12.1 Å². The molecule has 0 amide bonds. The first-order chi connectivity index (χ1) is 16.5. The van der Waals surface area contributed by atoms with Gasteiger partial charge in [0.2, 0.25) is 0 Å². The zero-order valence-corrected chi connectivity index (χ0v) is 20.1. The maximum Gasteiger partial charge on any atom is 0.341 e. The second kappa shape index (κ2) is 9.74. The van der Waals surface area contributed by atoms with E-state index in [2.05, 4.69) is 38.1 Å². The Hall–Kier alpha value is -2.94. The Morgan fingerprint density at radius 1 is 0.853 bits per heavy atom. The zero-order valence-electron chi connectivity index (χ0n) is 20.1. The van der Waals surface area contributed by atoms with Crippen LogP contribution in [0, 0.1) is 17.7 Å². The third kappa shape index (κ3) is 4.53. The molecule has 0 N–H and O–H groups in total. The van der Waals surface area contributed by atoms with E-state index in [1.807, 2.05) is 36.4 Å². The topological polar surface area (TPSA) is 26.3 Å². The molecule has 34 heavy (non-hydrogen) atoms. The first-order valence-corrected chi connectivity index (χ1v) is 12.8. The van der Waals surface area contributed by atoms with Gasteiger partial charge in [0.25, 0.3) is 0 Å². The third-order valence-electron chi connectivity index (χ3n) is 7.72. The van der Waals surface area contributed by atoms with Gasteiger partial charge in [-0.2, -0.15) is 0 Å². The molecule has 1 saturated carbocycles. The average molecular weight is 457 g/mol. The van der Waals surface area contributed by atoms with Crippen LogP contribution in [0.4, 0.5) is 4.39 Å². The highest BCUT2D eigenvalue weighted by Crippen LogP contribution is 2.38. The molecule has 0 spiro atoms. The normalized spacial score (nSPS) is 22.2. The number of fused-ring (bicyclic) bond motifs is 1. The second-order valence-corrected chi connectivity index (χ2v) is 10.2. The van der Waals surface area contributed by atoms with E-state index in [1.165, 1.54) is 18.4 Å². The van der Waals surface area contributed by atoms with Crippen LogP contribution in [0.2, 0.25) is 0 Å². The van der Waals surface area contributed by atoms with Crippen LogP contribution >= 0.6 is 0 Å². The van der Waals surface area contributed by atoms with Gasteiger partial charge >= 0.3 is 5.97 Å². The summed E-state index contributed by atoms with van der Waals surface area (Å²) < 4.78 is 21.3. The SMILES string of the molecule is CCCc1ccc(-c2ccc(-c3ccc4c(c3F)C(=O)OC(C3CCC(C)CC3)C4)cc2)cc1. The highest BCUT2D eigenvalue weighted by molar-refractivity contribution is 5.94. The molecule has 0 radical (unpaired) electrons. The lowest BCUT2D eigenvalue weighted by Gasteiger charge is -2.35. The van der Waals surface area contributed by atoms with E-state index >= 15 is 4.39 Å². The zero-order chi connectivity index (χ0) is 23.7. The van der Waals surface area contributed by atoms with Gasteiger partial charge in [-0.15, -0.1) is 0 Å². The Bertz CT molecular complexity index is 1160.